The summed E-state index contributed by atoms with van der Waals surface area (Å²) >= 11 is 1.54. The van der Waals surface area contributed by atoms with Crippen molar-refractivity contribution in [3.8, 4) is 0 Å². The number of amides is 1. The van der Waals surface area contributed by atoms with Crippen LogP contribution in [0.3, 0.4) is 0 Å². The number of carbonyl (C=O) groups is 1. The van der Waals surface area contributed by atoms with Crippen LogP contribution < -0.4 is 10.0 Å². The van der Waals surface area contributed by atoms with Crippen molar-refractivity contribution in [3.05, 3.63) is 77.6 Å². The SMILES string of the molecule is Cc1cc(C)nc(NS(=O)(=O)c2ccc(NC(=O)[C@@H](C)SCc3ccccc3)cc2)n1. The van der Waals surface area contributed by atoms with Gasteiger partial charge in [0.05, 0.1) is 10.1 Å². The first-order valence-corrected chi connectivity index (χ1v) is 12.2. The first-order valence-electron chi connectivity index (χ1n) is 9.64. The highest BCUT2D eigenvalue weighted by atomic mass is 32.2. The molecule has 0 aliphatic heterocycles. The zero-order valence-electron chi connectivity index (χ0n) is 17.5. The van der Waals surface area contributed by atoms with Crippen LogP contribution in [-0.4, -0.2) is 29.5 Å². The first kappa shape index (κ1) is 22.8. The van der Waals surface area contributed by atoms with Gasteiger partial charge in [-0.25, -0.2) is 23.1 Å². The molecule has 7 nitrogen and oxygen atoms in total. The van der Waals surface area contributed by atoms with Gasteiger partial charge in [-0.2, -0.15) is 0 Å². The van der Waals surface area contributed by atoms with Crippen LogP contribution >= 0.6 is 11.8 Å². The normalized spacial score (nSPS) is 12.2. The Bertz CT molecular complexity index is 1130. The molecule has 1 aromatic heterocycles. The monoisotopic (exact) mass is 456 g/mol. The van der Waals surface area contributed by atoms with Crippen molar-refractivity contribution in [2.45, 2.75) is 36.7 Å². The molecule has 0 spiro atoms. The summed E-state index contributed by atoms with van der Waals surface area (Å²) in [6, 6.07) is 17.7. The van der Waals surface area contributed by atoms with Crippen LogP contribution in [0.5, 0.6) is 0 Å². The van der Waals surface area contributed by atoms with Crippen molar-refractivity contribution in [2.75, 3.05) is 10.0 Å². The van der Waals surface area contributed by atoms with E-state index in [4.69, 9.17) is 0 Å². The van der Waals surface area contributed by atoms with Crippen LogP contribution in [-0.2, 0) is 20.6 Å². The lowest BCUT2D eigenvalue weighted by atomic mass is 10.2. The second kappa shape index (κ2) is 9.93. The Balaban J connectivity index is 1.60. The summed E-state index contributed by atoms with van der Waals surface area (Å²) in [4.78, 5) is 20.7. The smallest absolute Gasteiger partial charge is 0.264 e. The van der Waals surface area contributed by atoms with Gasteiger partial charge in [-0.15, -0.1) is 11.8 Å². The fourth-order valence-corrected chi connectivity index (χ4v) is 4.57. The number of carbonyl (C=O) groups excluding carboxylic acids is 1. The number of hydrogen-bond donors (Lipinski definition) is 2. The fourth-order valence-electron chi connectivity index (χ4n) is 2.78. The lowest BCUT2D eigenvalue weighted by molar-refractivity contribution is -0.115. The number of aryl methyl sites for hydroxylation is 2. The van der Waals surface area contributed by atoms with Gasteiger partial charge in [0, 0.05) is 22.8 Å². The highest BCUT2D eigenvalue weighted by molar-refractivity contribution is 7.99. The van der Waals surface area contributed by atoms with Crippen molar-refractivity contribution < 1.29 is 13.2 Å². The Morgan fingerprint density at radius 3 is 2.23 bits per heavy atom. The molecule has 9 heteroatoms. The van der Waals surface area contributed by atoms with Crippen molar-refractivity contribution >= 4 is 39.3 Å². The van der Waals surface area contributed by atoms with E-state index in [9.17, 15) is 13.2 Å². The lowest BCUT2D eigenvalue weighted by Gasteiger charge is -2.13. The number of nitrogens with one attached hydrogen (secondary N) is 2. The minimum atomic E-state index is -3.84. The largest absolute Gasteiger partial charge is 0.325 e. The molecule has 1 amide bonds. The number of anilines is 2. The Hall–Kier alpha value is -2.91. The minimum Gasteiger partial charge on any atom is -0.325 e. The summed E-state index contributed by atoms with van der Waals surface area (Å²) in [5.74, 6) is 0.621. The number of aromatic nitrogens is 2. The molecule has 31 heavy (non-hydrogen) atoms. The second-order valence-corrected chi connectivity index (χ2v) is 10.0. The second-order valence-electron chi connectivity index (χ2n) is 7.03. The molecule has 1 heterocycles. The van der Waals surface area contributed by atoms with Crippen LogP contribution in [0.2, 0.25) is 0 Å². The third-order valence-electron chi connectivity index (χ3n) is 4.35. The van der Waals surface area contributed by atoms with Crippen LogP contribution in [0.15, 0.2) is 65.6 Å². The van der Waals surface area contributed by atoms with E-state index in [1.54, 1.807) is 32.0 Å². The third kappa shape index (κ3) is 6.53. The highest BCUT2D eigenvalue weighted by Gasteiger charge is 2.17. The van der Waals surface area contributed by atoms with Crippen molar-refractivity contribution in [2.24, 2.45) is 0 Å². The van der Waals surface area contributed by atoms with Crippen molar-refractivity contribution in [1.82, 2.24) is 9.97 Å². The van der Waals surface area contributed by atoms with E-state index in [1.165, 1.54) is 23.9 Å². The van der Waals surface area contributed by atoms with Crippen molar-refractivity contribution in [3.63, 3.8) is 0 Å². The molecule has 3 rings (SSSR count). The van der Waals surface area contributed by atoms with Gasteiger partial charge >= 0.3 is 0 Å². The molecule has 0 aliphatic rings. The average Bonchev–Trinajstić information content (AvgIpc) is 2.72. The molecule has 2 aromatic carbocycles. The predicted octanol–water partition coefficient (Wildman–Crippen LogP) is 4.15. The first-order chi connectivity index (χ1) is 14.7. The van der Waals surface area contributed by atoms with Crippen LogP contribution in [0, 0.1) is 13.8 Å². The van der Waals surface area contributed by atoms with Crippen LogP contribution in [0.1, 0.15) is 23.9 Å². The maximum atomic E-state index is 12.6. The van der Waals surface area contributed by atoms with Gasteiger partial charge in [-0.05, 0) is 56.7 Å². The van der Waals surface area contributed by atoms with Crippen LogP contribution in [0.25, 0.3) is 0 Å². The van der Waals surface area contributed by atoms with E-state index in [2.05, 4.69) is 20.0 Å². The zero-order valence-corrected chi connectivity index (χ0v) is 19.1. The Labute approximate surface area is 186 Å². The maximum absolute atomic E-state index is 12.6. The van der Waals surface area contributed by atoms with Gasteiger partial charge < -0.3 is 5.32 Å². The molecular formula is C22H24N4O3S2. The molecule has 0 bridgehead atoms. The zero-order chi connectivity index (χ0) is 22.4. The van der Waals surface area contributed by atoms with E-state index < -0.39 is 10.0 Å². The molecule has 0 unspecified atom stereocenters. The quantitative estimate of drug-likeness (QED) is 0.528. The average molecular weight is 457 g/mol. The number of rotatable bonds is 8. The summed E-state index contributed by atoms with van der Waals surface area (Å²) < 4.78 is 27.6. The van der Waals surface area contributed by atoms with E-state index in [-0.39, 0.29) is 22.0 Å². The third-order valence-corrected chi connectivity index (χ3v) is 6.91. The lowest BCUT2D eigenvalue weighted by Crippen LogP contribution is -2.22. The van der Waals surface area contributed by atoms with Gasteiger partial charge in [-0.1, -0.05) is 30.3 Å². The van der Waals surface area contributed by atoms with Gasteiger partial charge in [0.2, 0.25) is 11.9 Å². The topological polar surface area (TPSA) is 101 Å². The van der Waals surface area contributed by atoms with Gasteiger partial charge in [0.15, 0.2) is 0 Å². The number of benzene rings is 2. The number of nitrogens with zero attached hydrogens (tertiary/aromatic N) is 2. The maximum Gasteiger partial charge on any atom is 0.264 e. The molecule has 162 valence electrons. The molecular weight excluding hydrogens is 432 g/mol. The summed E-state index contributed by atoms with van der Waals surface area (Å²) in [5.41, 5.74) is 3.02. The number of thioether (sulfide) groups is 1. The highest BCUT2D eigenvalue weighted by Crippen LogP contribution is 2.21. The van der Waals surface area contributed by atoms with E-state index in [0.29, 0.717) is 17.1 Å². The molecule has 0 saturated carbocycles. The standard InChI is InChI=1S/C22H24N4O3S2/c1-15-13-16(2)24-22(23-15)26-31(28,29)20-11-9-19(10-12-20)25-21(27)17(3)30-14-18-7-5-4-6-8-18/h4-13,17H,14H2,1-3H3,(H,25,27)(H,23,24,26)/t17-/m1/s1. The van der Waals surface area contributed by atoms with E-state index >= 15 is 0 Å². The van der Waals surface area contributed by atoms with Crippen LogP contribution in [0.4, 0.5) is 11.6 Å². The summed E-state index contributed by atoms with van der Waals surface area (Å²) in [6.07, 6.45) is 0. The van der Waals surface area contributed by atoms with Crippen molar-refractivity contribution in [1.29, 1.82) is 0 Å². The van der Waals surface area contributed by atoms with E-state index in [1.807, 2.05) is 37.3 Å². The van der Waals surface area contributed by atoms with E-state index in [0.717, 1.165) is 11.3 Å². The predicted molar refractivity (Wildman–Crippen MR) is 125 cm³/mol. The van der Waals surface area contributed by atoms with Gasteiger partial charge in [0.25, 0.3) is 10.0 Å². The van der Waals surface area contributed by atoms with Gasteiger partial charge in [-0.3, -0.25) is 4.79 Å². The Kier molecular flexibility index (Phi) is 7.29. The molecule has 0 radical (unpaired) electrons. The summed E-state index contributed by atoms with van der Waals surface area (Å²) in [5, 5.41) is 2.56. The summed E-state index contributed by atoms with van der Waals surface area (Å²) in [6.45, 7) is 5.38. The minimum absolute atomic E-state index is 0.0270. The van der Waals surface area contributed by atoms with Gasteiger partial charge in [0.1, 0.15) is 0 Å². The number of hydrogen-bond acceptors (Lipinski definition) is 6. The molecule has 3 aromatic rings. The Morgan fingerprint density at radius 2 is 1.61 bits per heavy atom. The molecule has 0 aliphatic carbocycles. The fraction of sp³-hybridized carbons (Fsp3) is 0.227. The molecule has 2 N–H and O–H groups in total. The molecule has 0 fully saturated rings. The summed E-state index contributed by atoms with van der Waals surface area (Å²) in [7, 11) is -3.84. The molecule has 1 atom stereocenters. The Morgan fingerprint density at radius 1 is 1.00 bits per heavy atom. The molecule has 0 saturated heterocycles. The number of sulfonamides is 1.